The maximum Gasteiger partial charge on any atom is 0.257 e. The first kappa shape index (κ1) is 22.4. The van der Waals surface area contributed by atoms with Gasteiger partial charge in [-0.3, -0.25) is 10.1 Å². The van der Waals surface area contributed by atoms with Crippen LogP contribution >= 0.6 is 11.3 Å². The number of sulfonamides is 1. The Morgan fingerprint density at radius 1 is 1.15 bits per heavy atom. The molecule has 2 aromatic carbocycles. The molecule has 33 heavy (non-hydrogen) atoms. The summed E-state index contributed by atoms with van der Waals surface area (Å²) in [6.07, 6.45) is 1.49. The summed E-state index contributed by atoms with van der Waals surface area (Å²) >= 11 is 1.27. The molecule has 2 heterocycles. The van der Waals surface area contributed by atoms with Crippen LogP contribution in [0.2, 0.25) is 0 Å². The number of hydrogen-bond acceptors (Lipinski definition) is 7. The van der Waals surface area contributed by atoms with E-state index in [0.717, 1.165) is 5.56 Å². The van der Waals surface area contributed by atoms with Gasteiger partial charge >= 0.3 is 0 Å². The Morgan fingerprint density at radius 2 is 1.88 bits per heavy atom. The van der Waals surface area contributed by atoms with E-state index >= 15 is 0 Å². The number of nitrogens with one attached hydrogen (secondary N) is 1. The number of rotatable bonds is 7. The molecule has 0 unspecified atom stereocenters. The molecule has 0 atom stereocenters. The Balaban J connectivity index is 1.43. The van der Waals surface area contributed by atoms with Gasteiger partial charge in [0.2, 0.25) is 10.0 Å². The van der Waals surface area contributed by atoms with Crippen molar-refractivity contribution in [1.82, 2.24) is 9.29 Å². The summed E-state index contributed by atoms with van der Waals surface area (Å²) in [7, 11) is -2.27. The zero-order valence-corrected chi connectivity index (χ0v) is 19.1. The number of amides is 1. The number of carbonyl (C=O) groups excluding carboxylic acids is 1. The van der Waals surface area contributed by atoms with E-state index in [-0.39, 0.29) is 11.4 Å². The molecule has 166 valence electrons. The minimum absolute atomic E-state index is 0.0745. The molecule has 1 amide bonds. The lowest BCUT2D eigenvalue weighted by atomic mass is 10.1. The summed E-state index contributed by atoms with van der Waals surface area (Å²) in [6, 6.07) is 18.2. The third-order valence-electron chi connectivity index (χ3n) is 4.82. The average molecular weight is 479 g/mol. The van der Waals surface area contributed by atoms with E-state index in [1.807, 2.05) is 5.38 Å². The highest BCUT2D eigenvalue weighted by atomic mass is 32.2. The molecule has 0 saturated carbocycles. The second-order valence-electron chi connectivity index (χ2n) is 7.05. The molecule has 0 aliphatic heterocycles. The Hall–Kier alpha value is -3.78. The third-order valence-corrected chi connectivity index (χ3v) is 7.39. The molecular formula is C23H18N4O4S2. The molecule has 2 aromatic heterocycles. The van der Waals surface area contributed by atoms with Crippen molar-refractivity contribution in [2.24, 2.45) is 0 Å². The van der Waals surface area contributed by atoms with E-state index < -0.39 is 15.9 Å². The highest BCUT2D eigenvalue weighted by Crippen LogP contribution is 2.26. The van der Waals surface area contributed by atoms with Gasteiger partial charge in [0.25, 0.3) is 5.91 Å². The van der Waals surface area contributed by atoms with Gasteiger partial charge in [-0.05, 0) is 48.5 Å². The minimum atomic E-state index is -3.74. The van der Waals surface area contributed by atoms with Crippen molar-refractivity contribution in [2.45, 2.75) is 11.4 Å². The maximum absolute atomic E-state index is 12.8. The van der Waals surface area contributed by atoms with Crippen molar-refractivity contribution in [2.75, 3.05) is 12.4 Å². The lowest BCUT2D eigenvalue weighted by Gasteiger charge is -2.16. The minimum Gasteiger partial charge on any atom is -0.468 e. The molecule has 0 bridgehead atoms. The van der Waals surface area contributed by atoms with E-state index in [4.69, 9.17) is 9.68 Å². The Kier molecular flexibility index (Phi) is 6.37. The molecule has 0 radical (unpaired) electrons. The third kappa shape index (κ3) is 5.01. The largest absolute Gasteiger partial charge is 0.468 e. The Bertz CT molecular complexity index is 1400. The van der Waals surface area contributed by atoms with E-state index in [0.29, 0.717) is 27.7 Å². The fourth-order valence-electron chi connectivity index (χ4n) is 3.01. The van der Waals surface area contributed by atoms with Crippen LogP contribution in [0.5, 0.6) is 0 Å². The molecule has 1 N–H and O–H groups in total. The molecule has 0 spiro atoms. The van der Waals surface area contributed by atoms with Crippen molar-refractivity contribution < 1.29 is 17.6 Å². The molecule has 0 saturated heterocycles. The van der Waals surface area contributed by atoms with Crippen molar-refractivity contribution in [1.29, 1.82) is 5.26 Å². The first-order chi connectivity index (χ1) is 15.9. The summed E-state index contributed by atoms with van der Waals surface area (Å²) in [5.74, 6) is 0.129. The van der Waals surface area contributed by atoms with Gasteiger partial charge in [-0.25, -0.2) is 13.4 Å². The zero-order valence-electron chi connectivity index (χ0n) is 17.4. The quantitative estimate of drug-likeness (QED) is 0.422. The molecule has 0 aliphatic rings. The second kappa shape index (κ2) is 9.38. The summed E-state index contributed by atoms with van der Waals surface area (Å²) in [5, 5.41) is 13.8. The van der Waals surface area contributed by atoms with Crippen LogP contribution in [-0.4, -0.2) is 30.7 Å². The van der Waals surface area contributed by atoms with E-state index in [1.165, 1.54) is 53.2 Å². The average Bonchev–Trinajstić information content (AvgIpc) is 3.51. The van der Waals surface area contributed by atoms with Gasteiger partial charge in [-0.2, -0.15) is 9.57 Å². The highest BCUT2D eigenvalue weighted by molar-refractivity contribution is 7.89. The number of thiazole rings is 1. The fourth-order valence-corrected chi connectivity index (χ4v) is 4.87. The van der Waals surface area contributed by atoms with Gasteiger partial charge in [0.1, 0.15) is 5.76 Å². The van der Waals surface area contributed by atoms with Crippen molar-refractivity contribution >= 4 is 32.4 Å². The first-order valence-electron chi connectivity index (χ1n) is 9.73. The van der Waals surface area contributed by atoms with Crippen LogP contribution in [-0.2, 0) is 16.6 Å². The smallest absolute Gasteiger partial charge is 0.257 e. The van der Waals surface area contributed by atoms with E-state index in [9.17, 15) is 13.2 Å². The number of nitrogens with zero attached hydrogens (tertiary/aromatic N) is 3. The van der Waals surface area contributed by atoms with Crippen LogP contribution in [0.3, 0.4) is 0 Å². The maximum atomic E-state index is 12.8. The molecule has 4 rings (SSSR count). The highest BCUT2D eigenvalue weighted by Gasteiger charge is 2.22. The summed E-state index contributed by atoms with van der Waals surface area (Å²) in [4.78, 5) is 17.1. The first-order valence-corrected chi connectivity index (χ1v) is 12.0. The monoisotopic (exact) mass is 478 g/mol. The fraction of sp³-hybridized carbons (Fsp3) is 0.0870. The molecule has 8 nitrogen and oxygen atoms in total. The number of anilines is 1. The molecule has 0 aliphatic carbocycles. The number of carbonyl (C=O) groups is 1. The summed E-state index contributed by atoms with van der Waals surface area (Å²) in [6.45, 7) is 0.100. The summed E-state index contributed by atoms with van der Waals surface area (Å²) in [5.41, 5.74) is 2.37. The topological polar surface area (TPSA) is 116 Å². The molecular weight excluding hydrogens is 460 g/mol. The lowest BCUT2D eigenvalue weighted by molar-refractivity contribution is 0.102. The van der Waals surface area contributed by atoms with Crippen molar-refractivity contribution in [3.8, 4) is 17.3 Å². The lowest BCUT2D eigenvalue weighted by Crippen LogP contribution is -2.26. The summed E-state index contributed by atoms with van der Waals surface area (Å²) < 4.78 is 31.9. The number of hydrogen-bond donors (Lipinski definition) is 1. The van der Waals surface area contributed by atoms with Gasteiger partial charge in [-0.15, -0.1) is 11.3 Å². The number of furan rings is 1. The van der Waals surface area contributed by atoms with Crippen LogP contribution in [0.25, 0.3) is 11.3 Å². The normalized spacial score (nSPS) is 11.3. The van der Waals surface area contributed by atoms with Crippen LogP contribution < -0.4 is 5.32 Å². The Labute approximate surface area is 194 Å². The van der Waals surface area contributed by atoms with Gasteiger partial charge in [0.15, 0.2) is 5.13 Å². The van der Waals surface area contributed by atoms with Crippen LogP contribution in [0.1, 0.15) is 21.7 Å². The van der Waals surface area contributed by atoms with Gasteiger partial charge in [0.05, 0.1) is 35.0 Å². The van der Waals surface area contributed by atoms with E-state index in [2.05, 4.69) is 16.4 Å². The predicted molar refractivity (Wildman–Crippen MR) is 124 cm³/mol. The second-order valence-corrected chi connectivity index (χ2v) is 9.95. The zero-order chi connectivity index (χ0) is 23.4. The van der Waals surface area contributed by atoms with Crippen molar-refractivity contribution in [3.63, 3.8) is 0 Å². The molecule has 4 aromatic rings. The number of aromatic nitrogens is 1. The predicted octanol–water partition coefficient (Wildman–Crippen LogP) is 4.35. The SMILES string of the molecule is CN(Cc1ccco1)S(=O)(=O)c1ccc(C(=O)Nc2nc(-c3ccc(C#N)cc3)cs2)cc1. The number of nitriles is 1. The van der Waals surface area contributed by atoms with Gasteiger partial charge in [0, 0.05) is 23.6 Å². The van der Waals surface area contributed by atoms with Gasteiger partial charge in [-0.1, -0.05) is 12.1 Å². The van der Waals surface area contributed by atoms with Crippen LogP contribution in [0.4, 0.5) is 5.13 Å². The van der Waals surface area contributed by atoms with Gasteiger partial charge < -0.3 is 4.42 Å². The van der Waals surface area contributed by atoms with Crippen molar-refractivity contribution in [3.05, 3.63) is 89.2 Å². The van der Waals surface area contributed by atoms with Crippen LogP contribution in [0.15, 0.2) is 81.6 Å². The van der Waals surface area contributed by atoms with Crippen LogP contribution in [0, 0.1) is 11.3 Å². The molecule has 10 heteroatoms. The van der Waals surface area contributed by atoms with E-state index in [1.54, 1.807) is 36.4 Å². The standard InChI is InChI=1S/C23H18N4O4S2/c1-27(14-19-3-2-12-31-19)33(29,30)20-10-8-18(9-11-20)22(28)26-23-25-21(15-32-23)17-6-4-16(13-24)5-7-17/h2-12,15H,14H2,1H3,(H,25,26,28). The molecule has 0 fully saturated rings. The number of benzene rings is 2. The Morgan fingerprint density at radius 3 is 2.52 bits per heavy atom.